The number of sulfonamides is 1. The number of ether oxygens (including phenoxy) is 2. The van der Waals surface area contributed by atoms with Gasteiger partial charge >= 0.3 is 0 Å². The number of rotatable bonds is 6. The lowest BCUT2D eigenvalue weighted by atomic mass is 10.1. The van der Waals surface area contributed by atoms with Crippen LogP contribution in [0.5, 0.6) is 17.2 Å². The predicted molar refractivity (Wildman–Crippen MR) is 121 cm³/mol. The molecule has 0 bridgehead atoms. The van der Waals surface area contributed by atoms with Gasteiger partial charge in [0.05, 0.1) is 23.1 Å². The summed E-state index contributed by atoms with van der Waals surface area (Å²) >= 11 is 18.4. The van der Waals surface area contributed by atoms with Gasteiger partial charge in [0, 0.05) is 28.6 Å². The minimum atomic E-state index is -3.87. The minimum Gasteiger partial charge on any atom is -0.493 e. The molecule has 0 aliphatic heterocycles. The number of carbonyl (C=O) groups is 1. The molecular formula is C20H17Cl3N2O5S. The number of amides is 1. The van der Waals surface area contributed by atoms with Gasteiger partial charge in [-0.05, 0) is 24.3 Å². The van der Waals surface area contributed by atoms with Gasteiger partial charge in [0.2, 0.25) is 10.0 Å². The van der Waals surface area contributed by atoms with Crippen LogP contribution in [0.2, 0.25) is 15.1 Å². The maximum absolute atomic E-state index is 13.0. The minimum absolute atomic E-state index is 0.00452. The standard InChI is InChI=1S/C20H17Cl3N2O5S/c1-29-17-8-11(21)5-6-16(17)30-18-9-12(22)7-15(23)19(18)20(26)25-13-3-2-4-14(10-13)31(24,27)28/h2-9,13H,10H2,1H3,(H,25,26)(H2,24,27,28). The van der Waals surface area contributed by atoms with E-state index in [1.165, 1.54) is 31.4 Å². The van der Waals surface area contributed by atoms with Crippen molar-refractivity contribution >= 4 is 50.7 Å². The zero-order chi connectivity index (χ0) is 22.8. The summed E-state index contributed by atoms with van der Waals surface area (Å²) in [5.74, 6) is 0.122. The molecule has 0 fully saturated rings. The molecule has 3 N–H and O–H groups in total. The SMILES string of the molecule is COc1cc(Cl)ccc1Oc1cc(Cl)cc(Cl)c1C(=O)NC1C=CC=C(S(N)(=O)=O)C1. The number of hydrogen-bond donors (Lipinski definition) is 2. The number of nitrogens with two attached hydrogens (primary N) is 1. The molecule has 0 saturated heterocycles. The molecule has 0 spiro atoms. The summed E-state index contributed by atoms with van der Waals surface area (Å²) in [5, 5.41) is 8.64. The average molecular weight is 504 g/mol. The van der Waals surface area contributed by atoms with Crippen LogP contribution in [0.3, 0.4) is 0 Å². The van der Waals surface area contributed by atoms with E-state index in [1.807, 2.05) is 0 Å². The Morgan fingerprint density at radius 3 is 2.48 bits per heavy atom. The third-order valence-electron chi connectivity index (χ3n) is 4.32. The van der Waals surface area contributed by atoms with Crippen LogP contribution in [0.25, 0.3) is 0 Å². The molecule has 1 aliphatic rings. The van der Waals surface area contributed by atoms with E-state index in [2.05, 4.69) is 5.32 Å². The fourth-order valence-electron chi connectivity index (χ4n) is 2.90. The highest BCUT2D eigenvalue weighted by atomic mass is 35.5. The van der Waals surface area contributed by atoms with Crippen LogP contribution in [0, 0.1) is 0 Å². The van der Waals surface area contributed by atoms with Crippen LogP contribution in [0.1, 0.15) is 16.8 Å². The van der Waals surface area contributed by atoms with Crippen molar-refractivity contribution in [1.82, 2.24) is 5.32 Å². The van der Waals surface area contributed by atoms with E-state index in [0.29, 0.717) is 10.8 Å². The second-order valence-corrected chi connectivity index (χ2v) is 9.40. The molecule has 1 atom stereocenters. The van der Waals surface area contributed by atoms with Gasteiger partial charge in [0.15, 0.2) is 11.5 Å². The van der Waals surface area contributed by atoms with Crippen molar-refractivity contribution in [3.05, 3.63) is 74.1 Å². The molecule has 2 aromatic rings. The van der Waals surface area contributed by atoms with Crippen LogP contribution in [-0.2, 0) is 10.0 Å². The monoisotopic (exact) mass is 502 g/mol. The predicted octanol–water partition coefficient (Wildman–Crippen LogP) is 4.68. The maximum atomic E-state index is 13.0. The van der Waals surface area contributed by atoms with E-state index in [-0.39, 0.29) is 38.4 Å². The lowest BCUT2D eigenvalue weighted by Gasteiger charge is -2.20. The largest absolute Gasteiger partial charge is 0.493 e. The number of benzene rings is 2. The van der Waals surface area contributed by atoms with Crippen molar-refractivity contribution < 1.29 is 22.7 Å². The number of hydrogen-bond acceptors (Lipinski definition) is 5. The Hall–Kier alpha value is -2.23. The Kier molecular flexibility index (Phi) is 7.18. The van der Waals surface area contributed by atoms with Gasteiger partial charge in [-0.25, -0.2) is 13.6 Å². The molecule has 2 aromatic carbocycles. The smallest absolute Gasteiger partial charge is 0.257 e. The van der Waals surface area contributed by atoms with E-state index in [1.54, 1.807) is 24.3 Å². The molecule has 7 nitrogen and oxygen atoms in total. The molecule has 1 unspecified atom stereocenters. The van der Waals surface area contributed by atoms with E-state index in [0.717, 1.165) is 0 Å². The summed E-state index contributed by atoms with van der Waals surface area (Å²) in [6.07, 6.45) is 4.54. The van der Waals surface area contributed by atoms with Crippen molar-refractivity contribution in [2.45, 2.75) is 12.5 Å². The van der Waals surface area contributed by atoms with E-state index >= 15 is 0 Å². The van der Waals surface area contributed by atoms with E-state index in [4.69, 9.17) is 49.4 Å². The van der Waals surface area contributed by atoms with Crippen molar-refractivity contribution in [2.75, 3.05) is 7.11 Å². The first kappa shape index (κ1) is 23.4. The topological polar surface area (TPSA) is 108 Å². The van der Waals surface area contributed by atoms with Gasteiger partial charge in [-0.15, -0.1) is 0 Å². The first-order chi connectivity index (χ1) is 14.6. The van der Waals surface area contributed by atoms with Gasteiger partial charge in [-0.2, -0.15) is 0 Å². The zero-order valence-electron chi connectivity index (χ0n) is 16.1. The molecule has 164 valence electrons. The van der Waals surface area contributed by atoms with Crippen molar-refractivity contribution in [3.8, 4) is 17.2 Å². The molecule has 11 heteroatoms. The second-order valence-electron chi connectivity index (χ2n) is 6.50. The lowest BCUT2D eigenvalue weighted by Crippen LogP contribution is -2.36. The number of methoxy groups -OCH3 is 1. The summed E-state index contributed by atoms with van der Waals surface area (Å²) in [4.78, 5) is 13.0. The molecule has 3 rings (SSSR count). The molecule has 0 aromatic heterocycles. The molecule has 0 radical (unpaired) electrons. The van der Waals surface area contributed by atoms with Crippen LogP contribution in [0.15, 0.2) is 53.5 Å². The highest BCUT2D eigenvalue weighted by Crippen LogP contribution is 2.38. The number of primary sulfonamides is 1. The molecule has 1 amide bonds. The molecular weight excluding hydrogens is 487 g/mol. The molecule has 0 saturated carbocycles. The number of halogens is 3. The third-order valence-corrected chi connectivity index (χ3v) is 6.11. The Bertz CT molecular complexity index is 1200. The number of allylic oxidation sites excluding steroid dienone is 2. The number of nitrogens with one attached hydrogen (secondary N) is 1. The van der Waals surface area contributed by atoms with Crippen molar-refractivity contribution in [3.63, 3.8) is 0 Å². The Balaban J connectivity index is 1.91. The second kappa shape index (κ2) is 9.50. The van der Waals surface area contributed by atoms with E-state index < -0.39 is 22.0 Å². The number of carbonyl (C=O) groups excluding carboxylic acids is 1. The molecule has 0 heterocycles. The highest BCUT2D eigenvalue weighted by molar-refractivity contribution is 7.93. The molecule has 31 heavy (non-hydrogen) atoms. The van der Waals surface area contributed by atoms with Gasteiger partial charge in [-0.3, -0.25) is 4.79 Å². The van der Waals surface area contributed by atoms with Crippen LogP contribution in [-0.4, -0.2) is 27.5 Å². The summed E-state index contributed by atoms with van der Waals surface area (Å²) in [5.41, 5.74) is 0.0168. The van der Waals surface area contributed by atoms with Crippen LogP contribution >= 0.6 is 34.8 Å². The molecule has 1 aliphatic carbocycles. The van der Waals surface area contributed by atoms with Crippen molar-refractivity contribution in [1.29, 1.82) is 0 Å². The summed E-state index contributed by atoms with van der Waals surface area (Å²) in [6.45, 7) is 0. The Labute approximate surface area is 194 Å². The highest BCUT2D eigenvalue weighted by Gasteiger charge is 2.25. The van der Waals surface area contributed by atoms with Gasteiger partial charge in [-0.1, -0.05) is 47.0 Å². The Morgan fingerprint density at radius 1 is 1.10 bits per heavy atom. The van der Waals surface area contributed by atoms with E-state index in [9.17, 15) is 13.2 Å². The van der Waals surface area contributed by atoms with Crippen LogP contribution in [0.4, 0.5) is 0 Å². The first-order valence-electron chi connectivity index (χ1n) is 8.80. The summed E-state index contributed by atoms with van der Waals surface area (Å²) < 4.78 is 34.4. The first-order valence-corrected chi connectivity index (χ1v) is 11.5. The summed E-state index contributed by atoms with van der Waals surface area (Å²) in [7, 11) is -2.42. The van der Waals surface area contributed by atoms with Gasteiger partial charge in [0.1, 0.15) is 11.3 Å². The van der Waals surface area contributed by atoms with Crippen LogP contribution < -0.4 is 19.9 Å². The third kappa shape index (κ3) is 5.72. The normalized spacial score (nSPS) is 15.9. The zero-order valence-corrected chi connectivity index (χ0v) is 19.1. The quantitative estimate of drug-likeness (QED) is 0.595. The lowest BCUT2D eigenvalue weighted by molar-refractivity contribution is 0.0942. The Morgan fingerprint density at radius 2 is 1.81 bits per heavy atom. The van der Waals surface area contributed by atoms with Gasteiger partial charge in [0.25, 0.3) is 5.91 Å². The maximum Gasteiger partial charge on any atom is 0.257 e. The van der Waals surface area contributed by atoms with Gasteiger partial charge < -0.3 is 14.8 Å². The summed E-state index contributed by atoms with van der Waals surface area (Å²) in [6, 6.07) is 6.94. The van der Waals surface area contributed by atoms with Crippen molar-refractivity contribution in [2.24, 2.45) is 5.14 Å². The fraction of sp³-hybridized carbons (Fsp3) is 0.150. The average Bonchev–Trinajstić information content (AvgIpc) is 2.68. The fourth-order valence-corrected chi connectivity index (χ4v) is 4.30.